The molecule has 0 bridgehead atoms. The highest BCUT2D eigenvalue weighted by atomic mass is 32.2. The van der Waals surface area contributed by atoms with E-state index in [1.807, 2.05) is 38.2 Å². The van der Waals surface area contributed by atoms with Crippen LogP contribution < -0.4 is 4.74 Å². The number of hydrogen-bond donors (Lipinski definition) is 0. The molecule has 4 rings (SSSR count). The molecule has 0 radical (unpaired) electrons. The maximum atomic E-state index is 14.0. The van der Waals surface area contributed by atoms with Crippen LogP contribution in [0.15, 0.2) is 53.6 Å². The molecule has 1 aliphatic heterocycles. The number of carbonyl (C=O) groups is 1. The van der Waals surface area contributed by atoms with E-state index in [2.05, 4.69) is 4.57 Å². The summed E-state index contributed by atoms with van der Waals surface area (Å²) in [6.45, 7) is 6.41. The molecule has 3 aromatic rings. The van der Waals surface area contributed by atoms with E-state index >= 15 is 0 Å². The number of aromatic nitrogens is 1. The molecule has 0 saturated carbocycles. The molecular weight excluding hydrogens is 509 g/mol. The second-order valence-electron chi connectivity index (χ2n) is 9.53. The Kier molecular flexibility index (Phi) is 8.25. The minimum absolute atomic E-state index is 0.0451. The van der Waals surface area contributed by atoms with Crippen LogP contribution in [0.4, 0.5) is 4.39 Å². The minimum atomic E-state index is -3.77. The summed E-state index contributed by atoms with van der Waals surface area (Å²) in [5, 5.41) is 0. The number of carbonyl (C=O) groups excluding carboxylic acids is 1. The molecule has 10 heteroatoms. The first-order chi connectivity index (χ1) is 18.1. The zero-order valence-corrected chi connectivity index (χ0v) is 23.2. The highest BCUT2D eigenvalue weighted by Gasteiger charge is 2.32. The molecule has 0 N–H and O–H groups in total. The lowest BCUT2D eigenvalue weighted by Crippen LogP contribution is -2.44. The highest BCUT2D eigenvalue weighted by Crippen LogP contribution is 2.33. The molecular formula is C28H34FN3O5S. The van der Waals surface area contributed by atoms with Crippen LogP contribution in [-0.2, 0) is 26.1 Å². The van der Waals surface area contributed by atoms with E-state index in [1.54, 1.807) is 31.1 Å². The normalized spacial score (nSPS) is 15.6. The molecule has 204 valence electrons. The molecule has 0 saturated heterocycles. The van der Waals surface area contributed by atoms with Gasteiger partial charge in [-0.1, -0.05) is 12.1 Å². The summed E-state index contributed by atoms with van der Waals surface area (Å²) in [5.74, 6) is 0.0681. The number of benzene rings is 2. The van der Waals surface area contributed by atoms with Crippen molar-refractivity contribution in [2.75, 3.05) is 40.5 Å². The Morgan fingerprint density at radius 1 is 1.11 bits per heavy atom. The Hall–Kier alpha value is -3.21. The number of rotatable bonds is 9. The molecule has 1 unspecified atom stereocenters. The summed E-state index contributed by atoms with van der Waals surface area (Å²) in [4.78, 5) is 15.1. The van der Waals surface area contributed by atoms with Crippen molar-refractivity contribution in [1.82, 2.24) is 13.8 Å². The summed E-state index contributed by atoms with van der Waals surface area (Å²) in [7, 11) is -0.714. The first-order valence-electron chi connectivity index (χ1n) is 12.4. The first kappa shape index (κ1) is 27.8. The number of likely N-dealkylation sites (N-methyl/N-ethyl adjacent to an activating group) is 1. The van der Waals surface area contributed by atoms with Gasteiger partial charge in [0.05, 0.1) is 24.7 Å². The van der Waals surface area contributed by atoms with E-state index in [9.17, 15) is 17.6 Å². The molecule has 0 aliphatic carbocycles. The average Bonchev–Trinajstić information content (AvgIpc) is 3.37. The van der Waals surface area contributed by atoms with Gasteiger partial charge >= 0.3 is 0 Å². The summed E-state index contributed by atoms with van der Waals surface area (Å²) < 4.78 is 54.9. The van der Waals surface area contributed by atoms with Gasteiger partial charge < -0.3 is 18.9 Å². The molecule has 1 atom stereocenters. The fraction of sp³-hybridized carbons (Fsp3) is 0.393. The van der Waals surface area contributed by atoms with Crippen molar-refractivity contribution in [1.29, 1.82) is 0 Å². The Bertz CT molecular complexity index is 1440. The Labute approximate surface area is 223 Å². The predicted molar refractivity (Wildman–Crippen MR) is 142 cm³/mol. The Balaban J connectivity index is 1.41. The number of hydrogen-bond acceptors (Lipinski definition) is 5. The van der Waals surface area contributed by atoms with E-state index in [0.29, 0.717) is 30.0 Å². The lowest BCUT2D eigenvalue weighted by Gasteiger charge is -2.37. The second-order valence-corrected chi connectivity index (χ2v) is 11.5. The molecule has 1 amide bonds. The molecule has 0 fully saturated rings. The Morgan fingerprint density at radius 2 is 1.87 bits per heavy atom. The molecule has 1 aliphatic rings. The topological polar surface area (TPSA) is 81.1 Å². The van der Waals surface area contributed by atoms with Crippen molar-refractivity contribution in [3.05, 3.63) is 82.4 Å². The lowest BCUT2D eigenvalue weighted by atomic mass is 9.99. The van der Waals surface area contributed by atoms with Crippen molar-refractivity contribution in [2.45, 2.75) is 38.3 Å². The fourth-order valence-electron chi connectivity index (χ4n) is 5.01. The Morgan fingerprint density at radius 3 is 2.58 bits per heavy atom. The fourth-order valence-corrected chi connectivity index (χ4v) is 6.52. The number of halogens is 1. The van der Waals surface area contributed by atoms with Gasteiger partial charge in [-0.25, -0.2) is 12.8 Å². The van der Waals surface area contributed by atoms with E-state index in [0.717, 1.165) is 16.8 Å². The van der Waals surface area contributed by atoms with Crippen LogP contribution >= 0.6 is 0 Å². The average molecular weight is 544 g/mol. The monoisotopic (exact) mass is 543 g/mol. The molecule has 2 heterocycles. The number of aryl methyl sites for hydroxylation is 1. The zero-order chi connectivity index (χ0) is 27.6. The number of nitrogens with zero attached hydrogens (tertiary/aromatic N) is 3. The van der Waals surface area contributed by atoms with Crippen LogP contribution in [0.2, 0.25) is 0 Å². The van der Waals surface area contributed by atoms with Crippen LogP contribution in [0, 0.1) is 26.6 Å². The number of sulfonamides is 1. The molecule has 8 nitrogen and oxygen atoms in total. The van der Waals surface area contributed by atoms with E-state index in [4.69, 9.17) is 9.47 Å². The van der Waals surface area contributed by atoms with Gasteiger partial charge in [0.15, 0.2) is 0 Å². The van der Waals surface area contributed by atoms with Gasteiger partial charge in [-0.15, -0.1) is 0 Å². The third-order valence-electron chi connectivity index (χ3n) is 7.17. The maximum absolute atomic E-state index is 14.0. The van der Waals surface area contributed by atoms with E-state index in [1.165, 1.54) is 23.5 Å². The van der Waals surface area contributed by atoms with E-state index in [-0.39, 0.29) is 36.4 Å². The van der Waals surface area contributed by atoms with Crippen molar-refractivity contribution in [3.8, 4) is 5.75 Å². The second kappa shape index (κ2) is 11.3. The van der Waals surface area contributed by atoms with Gasteiger partial charge in [-0.2, -0.15) is 4.31 Å². The maximum Gasteiger partial charge on any atom is 0.249 e. The zero-order valence-electron chi connectivity index (χ0n) is 22.4. The van der Waals surface area contributed by atoms with Gasteiger partial charge in [0.1, 0.15) is 18.2 Å². The number of ether oxygens (including phenoxy) is 2. The third-order valence-corrected chi connectivity index (χ3v) is 9.15. The summed E-state index contributed by atoms with van der Waals surface area (Å²) in [6, 6.07) is 11.3. The molecule has 2 aromatic carbocycles. The summed E-state index contributed by atoms with van der Waals surface area (Å²) >= 11 is 0. The van der Waals surface area contributed by atoms with Gasteiger partial charge in [-0.3, -0.25) is 4.79 Å². The standard InChI is InChI=1S/C28H34FN3O5S/c1-19-16-25(20(2)21(3)28(19)36-5)38(34,35)30(4)14-15-37-18-26(33)32-13-12-31-11-7-10-24(31)27(32)22-8-6-9-23(29)17-22/h6-11,16-17,27H,12-15,18H2,1-5H3. The van der Waals surface area contributed by atoms with Crippen LogP contribution in [0.5, 0.6) is 5.75 Å². The number of amides is 1. The first-order valence-corrected chi connectivity index (χ1v) is 13.9. The van der Waals surface area contributed by atoms with Gasteiger partial charge in [-0.05, 0) is 73.4 Å². The van der Waals surface area contributed by atoms with Crippen molar-refractivity contribution >= 4 is 15.9 Å². The smallest absolute Gasteiger partial charge is 0.249 e. The molecule has 38 heavy (non-hydrogen) atoms. The highest BCUT2D eigenvalue weighted by molar-refractivity contribution is 7.89. The van der Waals surface area contributed by atoms with Crippen molar-refractivity contribution in [3.63, 3.8) is 0 Å². The number of methoxy groups -OCH3 is 1. The summed E-state index contributed by atoms with van der Waals surface area (Å²) in [5.41, 5.74) is 3.74. The van der Waals surface area contributed by atoms with Crippen LogP contribution in [0.1, 0.15) is 34.0 Å². The van der Waals surface area contributed by atoms with Gasteiger partial charge in [0, 0.05) is 38.6 Å². The van der Waals surface area contributed by atoms with Crippen LogP contribution in [-0.4, -0.2) is 68.6 Å². The lowest BCUT2D eigenvalue weighted by molar-refractivity contribution is -0.138. The quantitative estimate of drug-likeness (QED) is 0.383. The number of fused-ring (bicyclic) bond motifs is 1. The van der Waals surface area contributed by atoms with Gasteiger partial charge in [0.25, 0.3) is 0 Å². The summed E-state index contributed by atoms with van der Waals surface area (Å²) in [6.07, 6.45) is 1.95. The minimum Gasteiger partial charge on any atom is -0.496 e. The largest absolute Gasteiger partial charge is 0.496 e. The van der Waals surface area contributed by atoms with Crippen LogP contribution in [0.3, 0.4) is 0 Å². The van der Waals surface area contributed by atoms with Crippen molar-refractivity contribution in [2.24, 2.45) is 0 Å². The van der Waals surface area contributed by atoms with Gasteiger partial charge in [0.2, 0.25) is 15.9 Å². The van der Waals surface area contributed by atoms with E-state index < -0.39 is 16.1 Å². The third kappa shape index (κ3) is 5.34. The molecule has 0 spiro atoms. The molecule has 1 aromatic heterocycles. The predicted octanol–water partition coefficient (Wildman–Crippen LogP) is 3.83. The van der Waals surface area contributed by atoms with Crippen LogP contribution in [0.25, 0.3) is 0 Å². The SMILES string of the molecule is COc1c(C)cc(S(=O)(=O)N(C)CCOCC(=O)N2CCn3cccc3C2c2cccc(F)c2)c(C)c1C. The van der Waals surface area contributed by atoms with Crippen molar-refractivity contribution < 1.29 is 27.1 Å².